The molecular weight excluding hydrogens is 504 g/mol. The van der Waals surface area contributed by atoms with E-state index in [4.69, 9.17) is 9.47 Å². The summed E-state index contributed by atoms with van der Waals surface area (Å²) in [6.45, 7) is 10.1. The Morgan fingerprint density at radius 3 is 2.10 bits per heavy atom. The molecule has 1 amide bonds. The average Bonchev–Trinajstić information content (AvgIpc) is 3.24. The summed E-state index contributed by atoms with van der Waals surface area (Å²) in [5, 5.41) is 11.3. The zero-order valence-corrected chi connectivity index (χ0v) is 23.5. The molecule has 40 heavy (non-hydrogen) atoms. The van der Waals surface area contributed by atoms with E-state index in [1.165, 1.54) is 0 Å². The summed E-state index contributed by atoms with van der Waals surface area (Å²) in [7, 11) is 0. The summed E-state index contributed by atoms with van der Waals surface area (Å²) < 4.78 is 11.5. The van der Waals surface area contributed by atoms with E-state index in [9.17, 15) is 14.7 Å². The number of amides is 1. The van der Waals surface area contributed by atoms with Crippen molar-refractivity contribution in [2.75, 3.05) is 32.8 Å². The fraction of sp³-hybridized carbons (Fsp3) is 0.333. The van der Waals surface area contributed by atoms with Crippen LogP contribution >= 0.6 is 0 Å². The van der Waals surface area contributed by atoms with Crippen LogP contribution in [0.4, 0.5) is 0 Å². The van der Waals surface area contributed by atoms with Gasteiger partial charge in [0.1, 0.15) is 23.9 Å². The number of ether oxygens (including phenoxy) is 2. The van der Waals surface area contributed by atoms with E-state index in [0.29, 0.717) is 43.2 Å². The SMILES string of the molecule is CCOc1ccc(/C(O)=C2/C(=O)C(=O)N(CCCN(CC)CC)C2c2ccc(OCc3ccccc3)cc2)cc1. The molecule has 0 bridgehead atoms. The summed E-state index contributed by atoms with van der Waals surface area (Å²) in [5.74, 6) is -0.122. The highest BCUT2D eigenvalue weighted by Crippen LogP contribution is 2.40. The van der Waals surface area contributed by atoms with Crippen LogP contribution in [0.3, 0.4) is 0 Å². The van der Waals surface area contributed by atoms with E-state index in [-0.39, 0.29) is 11.3 Å². The predicted molar refractivity (Wildman–Crippen MR) is 156 cm³/mol. The second-order valence-electron chi connectivity index (χ2n) is 9.67. The summed E-state index contributed by atoms with van der Waals surface area (Å²) in [6, 6.07) is 23.5. The highest BCUT2D eigenvalue weighted by molar-refractivity contribution is 6.46. The van der Waals surface area contributed by atoms with Gasteiger partial charge in [-0.05, 0) is 80.5 Å². The second-order valence-corrected chi connectivity index (χ2v) is 9.67. The number of rotatable bonds is 13. The Hall–Kier alpha value is -4.10. The molecule has 0 aromatic heterocycles. The molecule has 1 saturated heterocycles. The first-order valence-electron chi connectivity index (χ1n) is 14.0. The molecule has 210 valence electrons. The Bertz CT molecular complexity index is 1300. The van der Waals surface area contributed by atoms with E-state index >= 15 is 0 Å². The number of hydrogen-bond donors (Lipinski definition) is 1. The lowest BCUT2D eigenvalue weighted by molar-refractivity contribution is -0.140. The number of nitrogens with zero attached hydrogens (tertiary/aromatic N) is 2. The maximum Gasteiger partial charge on any atom is 0.295 e. The van der Waals surface area contributed by atoms with Gasteiger partial charge < -0.3 is 24.4 Å². The molecule has 1 aliphatic heterocycles. The van der Waals surface area contributed by atoms with Gasteiger partial charge in [-0.2, -0.15) is 0 Å². The Kier molecular flexibility index (Phi) is 9.97. The van der Waals surface area contributed by atoms with Crippen LogP contribution in [0.5, 0.6) is 11.5 Å². The highest BCUT2D eigenvalue weighted by atomic mass is 16.5. The third-order valence-electron chi connectivity index (χ3n) is 7.19. The van der Waals surface area contributed by atoms with Crippen LogP contribution < -0.4 is 9.47 Å². The number of Topliss-reactive ketones (excluding diaryl/α,β-unsaturated/α-hetero) is 1. The molecule has 4 rings (SSSR count). The normalized spacial score (nSPS) is 16.5. The van der Waals surface area contributed by atoms with Gasteiger partial charge in [-0.3, -0.25) is 9.59 Å². The molecule has 0 saturated carbocycles. The average molecular weight is 543 g/mol. The molecular formula is C33H38N2O5. The van der Waals surface area contributed by atoms with E-state index < -0.39 is 17.7 Å². The van der Waals surface area contributed by atoms with E-state index in [0.717, 1.165) is 30.8 Å². The van der Waals surface area contributed by atoms with Gasteiger partial charge in [0, 0.05) is 12.1 Å². The predicted octanol–water partition coefficient (Wildman–Crippen LogP) is 5.82. The van der Waals surface area contributed by atoms with Crippen LogP contribution in [0.2, 0.25) is 0 Å². The molecule has 0 radical (unpaired) electrons. The number of benzene rings is 3. The third kappa shape index (κ3) is 6.72. The number of aliphatic hydroxyl groups excluding tert-OH is 1. The third-order valence-corrected chi connectivity index (χ3v) is 7.19. The van der Waals surface area contributed by atoms with E-state index in [1.54, 1.807) is 29.2 Å². The molecule has 3 aromatic carbocycles. The summed E-state index contributed by atoms with van der Waals surface area (Å²) >= 11 is 0. The summed E-state index contributed by atoms with van der Waals surface area (Å²) in [5.41, 5.74) is 2.34. The molecule has 3 aromatic rings. The summed E-state index contributed by atoms with van der Waals surface area (Å²) in [6.07, 6.45) is 0.715. The van der Waals surface area contributed by atoms with Crippen LogP contribution in [0.1, 0.15) is 49.9 Å². The first kappa shape index (κ1) is 28.9. The molecule has 0 spiro atoms. The lowest BCUT2D eigenvalue weighted by atomic mass is 9.95. The fourth-order valence-electron chi connectivity index (χ4n) is 4.98. The Labute approximate surface area is 236 Å². The number of carbonyl (C=O) groups is 2. The number of hydrogen-bond acceptors (Lipinski definition) is 6. The molecule has 7 nitrogen and oxygen atoms in total. The van der Waals surface area contributed by atoms with Gasteiger partial charge in [-0.1, -0.05) is 56.3 Å². The van der Waals surface area contributed by atoms with Gasteiger partial charge in [-0.25, -0.2) is 0 Å². The number of likely N-dealkylation sites (tertiary alicyclic amines) is 1. The molecule has 1 fully saturated rings. The van der Waals surface area contributed by atoms with Crippen LogP contribution in [0.25, 0.3) is 5.76 Å². The molecule has 1 heterocycles. The first-order valence-corrected chi connectivity index (χ1v) is 14.0. The van der Waals surface area contributed by atoms with Crippen LogP contribution in [-0.2, 0) is 16.2 Å². The van der Waals surface area contributed by atoms with E-state index in [2.05, 4.69) is 18.7 Å². The van der Waals surface area contributed by atoms with Gasteiger partial charge in [0.25, 0.3) is 11.7 Å². The lowest BCUT2D eigenvalue weighted by Crippen LogP contribution is -2.33. The van der Waals surface area contributed by atoms with Gasteiger partial charge in [0.2, 0.25) is 0 Å². The van der Waals surface area contributed by atoms with Crippen LogP contribution in [0, 0.1) is 0 Å². The quantitative estimate of drug-likeness (QED) is 0.167. The van der Waals surface area contributed by atoms with Crippen LogP contribution in [0.15, 0.2) is 84.4 Å². The topological polar surface area (TPSA) is 79.3 Å². The number of aliphatic hydroxyl groups is 1. The van der Waals surface area contributed by atoms with Crippen molar-refractivity contribution in [1.82, 2.24) is 9.80 Å². The monoisotopic (exact) mass is 542 g/mol. The minimum atomic E-state index is -0.702. The number of ketones is 1. The molecule has 1 aliphatic rings. The van der Waals surface area contributed by atoms with Crippen molar-refractivity contribution in [2.45, 2.75) is 39.8 Å². The van der Waals surface area contributed by atoms with Gasteiger partial charge in [0.05, 0.1) is 18.2 Å². The second kappa shape index (κ2) is 13.8. The van der Waals surface area contributed by atoms with Gasteiger partial charge in [0.15, 0.2) is 0 Å². The molecule has 1 atom stereocenters. The molecule has 7 heteroatoms. The zero-order valence-electron chi connectivity index (χ0n) is 23.5. The molecule has 1 unspecified atom stereocenters. The highest BCUT2D eigenvalue weighted by Gasteiger charge is 2.45. The minimum Gasteiger partial charge on any atom is -0.507 e. The maximum absolute atomic E-state index is 13.4. The Morgan fingerprint density at radius 2 is 1.48 bits per heavy atom. The Balaban J connectivity index is 1.64. The van der Waals surface area contributed by atoms with Crippen molar-refractivity contribution in [3.63, 3.8) is 0 Å². The largest absolute Gasteiger partial charge is 0.507 e. The van der Waals surface area contributed by atoms with Crippen molar-refractivity contribution in [1.29, 1.82) is 0 Å². The van der Waals surface area contributed by atoms with Crippen molar-refractivity contribution >= 4 is 17.4 Å². The van der Waals surface area contributed by atoms with Crippen molar-refractivity contribution in [3.05, 3.63) is 101 Å². The minimum absolute atomic E-state index is 0.0925. The van der Waals surface area contributed by atoms with Gasteiger partial charge in [-0.15, -0.1) is 0 Å². The van der Waals surface area contributed by atoms with Crippen molar-refractivity contribution < 1.29 is 24.2 Å². The van der Waals surface area contributed by atoms with Gasteiger partial charge >= 0.3 is 0 Å². The maximum atomic E-state index is 13.4. The smallest absolute Gasteiger partial charge is 0.295 e. The fourth-order valence-corrected chi connectivity index (χ4v) is 4.98. The first-order chi connectivity index (χ1) is 19.5. The van der Waals surface area contributed by atoms with Crippen molar-refractivity contribution in [3.8, 4) is 11.5 Å². The summed E-state index contributed by atoms with van der Waals surface area (Å²) in [4.78, 5) is 30.5. The van der Waals surface area contributed by atoms with Crippen molar-refractivity contribution in [2.24, 2.45) is 0 Å². The zero-order chi connectivity index (χ0) is 28.5. The van der Waals surface area contributed by atoms with Crippen LogP contribution in [-0.4, -0.2) is 59.4 Å². The standard InChI is InChI=1S/C33H38N2O5/c1-4-34(5-2)21-10-22-35-30(25-13-17-28(18-14-25)40-23-24-11-8-7-9-12-24)29(32(37)33(35)38)31(36)26-15-19-27(20-16-26)39-6-3/h7-9,11-20,30,36H,4-6,10,21-23H2,1-3H3/b31-29-. The lowest BCUT2D eigenvalue weighted by Gasteiger charge is -2.27. The Morgan fingerprint density at radius 1 is 0.850 bits per heavy atom. The van der Waals surface area contributed by atoms with E-state index in [1.807, 2.05) is 61.5 Å². The number of carbonyl (C=O) groups excluding carboxylic acids is 2. The molecule has 1 N–H and O–H groups in total. The molecule has 0 aliphatic carbocycles.